The van der Waals surface area contributed by atoms with E-state index in [2.05, 4.69) is 10.0 Å². The van der Waals surface area contributed by atoms with Crippen LogP contribution >= 0.6 is 0 Å². The van der Waals surface area contributed by atoms with Crippen LogP contribution in [0.1, 0.15) is 25.7 Å². The number of urea groups is 1. The van der Waals surface area contributed by atoms with Gasteiger partial charge in [-0.3, -0.25) is 0 Å². The molecule has 2 rings (SSSR count). The van der Waals surface area contributed by atoms with Crippen LogP contribution < -0.4 is 10.0 Å². The van der Waals surface area contributed by atoms with E-state index >= 15 is 0 Å². The third kappa shape index (κ3) is 5.44. The van der Waals surface area contributed by atoms with Crippen molar-refractivity contribution in [2.45, 2.75) is 31.7 Å². The van der Waals surface area contributed by atoms with Crippen LogP contribution in [0.25, 0.3) is 0 Å². The number of nitrogens with one attached hydrogen (secondary N) is 2. The first kappa shape index (κ1) is 16.5. The lowest BCUT2D eigenvalue weighted by Gasteiger charge is -2.35. The summed E-state index contributed by atoms with van der Waals surface area (Å²) in [6.07, 6.45) is 4.95. The van der Waals surface area contributed by atoms with E-state index in [1.54, 1.807) is 4.90 Å². The van der Waals surface area contributed by atoms with E-state index in [1.165, 1.54) is 0 Å². The smallest absolute Gasteiger partial charge is 0.317 e. The summed E-state index contributed by atoms with van der Waals surface area (Å²) in [6, 6.07) is -0.157. The molecule has 2 aliphatic rings. The van der Waals surface area contributed by atoms with Crippen molar-refractivity contribution in [1.82, 2.24) is 14.9 Å². The van der Waals surface area contributed by atoms with Crippen LogP contribution in [0.3, 0.4) is 0 Å². The van der Waals surface area contributed by atoms with E-state index in [1.807, 2.05) is 0 Å². The van der Waals surface area contributed by atoms with Gasteiger partial charge in [0.15, 0.2) is 0 Å². The Balaban J connectivity index is 1.83. The maximum absolute atomic E-state index is 12.3. The number of nitrogens with zero attached hydrogens (tertiary/aromatic N) is 1. The SMILES string of the molecule is CS(=O)(=O)NC[C@H]1CCCCN1C(=O)NC[C@@H]1CCOC1. The van der Waals surface area contributed by atoms with Gasteiger partial charge in [-0.1, -0.05) is 0 Å². The zero-order valence-electron chi connectivity index (χ0n) is 12.5. The minimum atomic E-state index is -3.22. The summed E-state index contributed by atoms with van der Waals surface area (Å²) in [7, 11) is -3.22. The molecule has 0 aliphatic carbocycles. The second-order valence-corrected chi connectivity index (χ2v) is 7.71. The van der Waals surface area contributed by atoms with Crippen LogP contribution in [0.15, 0.2) is 0 Å². The summed E-state index contributed by atoms with van der Waals surface area (Å²) in [5, 5.41) is 2.95. The molecule has 8 heteroatoms. The van der Waals surface area contributed by atoms with E-state index in [-0.39, 0.29) is 12.1 Å². The van der Waals surface area contributed by atoms with Gasteiger partial charge in [0.05, 0.1) is 12.9 Å². The fourth-order valence-electron chi connectivity index (χ4n) is 2.81. The first-order valence-electron chi connectivity index (χ1n) is 7.52. The topological polar surface area (TPSA) is 87.7 Å². The standard InChI is InChI=1S/C13H25N3O4S/c1-21(18,19)15-9-12-4-2-3-6-16(12)13(17)14-8-11-5-7-20-10-11/h11-12,15H,2-10H2,1H3,(H,14,17)/t11-,12+/m0/s1. The average molecular weight is 319 g/mol. The summed E-state index contributed by atoms with van der Waals surface area (Å²) < 4.78 is 30.2. The number of carbonyl (C=O) groups is 1. The molecule has 21 heavy (non-hydrogen) atoms. The molecule has 2 amide bonds. The predicted molar refractivity (Wildman–Crippen MR) is 79.5 cm³/mol. The van der Waals surface area contributed by atoms with Gasteiger partial charge >= 0.3 is 6.03 Å². The number of carbonyl (C=O) groups excluding carboxylic acids is 1. The van der Waals surface area contributed by atoms with Crippen LogP contribution in [0.4, 0.5) is 4.79 Å². The average Bonchev–Trinajstić information content (AvgIpc) is 2.95. The van der Waals surface area contributed by atoms with Crippen molar-refractivity contribution < 1.29 is 17.9 Å². The quantitative estimate of drug-likeness (QED) is 0.754. The Morgan fingerprint density at radius 2 is 2.10 bits per heavy atom. The molecular weight excluding hydrogens is 294 g/mol. The normalized spacial score (nSPS) is 26.8. The van der Waals surface area contributed by atoms with Gasteiger partial charge in [-0.15, -0.1) is 0 Å². The minimum absolute atomic E-state index is 0.0618. The number of hydrogen-bond donors (Lipinski definition) is 2. The predicted octanol–water partition coefficient (Wildman–Crippen LogP) is 0.136. The maximum Gasteiger partial charge on any atom is 0.317 e. The molecule has 2 heterocycles. The Kier molecular flexibility index (Phi) is 5.83. The van der Waals surface area contributed by atoms with Crippen LogP contribution in [-0.2, 0) is 14.8 Å². The van der Waals surface area contributed by atoms with E-state index in [9.17, 15) is 13.2 Å². The number of ether oxygens (including phenoxy) is 1. The summed E-state index contributed by atoms with van der Waals surface area (Å²) in [4.78, 5) is 14.0. The molecule has 122 valence electrons. The fourth-order valence-corrected chi connectivity index (χ4v) is 3.30. The second kappa shape index (κ2) is 7.42. The highest BCUT2D eigenvalue weighted by Crippen LogP contribution is 2.17. The Morgan fingerprint density at radius 1 is 1.29 bits per heavy atom. The summed E-state index contributed by atoms with van der Waals surface area (Å²) in [5.41, 5.74) is 0. The van der Waals surface area contributed by atoms with Crippen molar-refractivity contribution in [3.05, 3.63) is 0 Å². The van der Waals surface area contributed by atoms with Crippen molar-refractivity contribution in [3.63, 3.8) is 0 Å². The maximum atomic E-state index is 12.3. The third-order valence-corrected chi connectivity index (χ3v) is 4.73. The molecule has 0 radical (unpaired) electrons. The molecule has 0 aromatic heterocycles. The fraction of sp³-hybridized carbons (Fsp3) is 0.923. The summed E-state index contributed by atoms with van der Waals surface area (Å²) >= 11 is 0. The van der Waals surface area contributed by atoms with Gasteiger partial charge in [0.25, 0.3) is 0 Å². The van der Waals surface area contributed by atoms with Gasteiger partial charge in [-0.05, 0) is 25.7 Å². The molecule has 0 spiro atoms. The largest absolute Gasteiger partial charge is 0.381 e. The highest BCUT2D eigenvalue weighted by molar-refractivity contribution is 7.88. The molecule has 0 unspecified atom stereocenters. The number of sulfonamides is 1. The molecule has 2 atom stereocenters. The number of rotatable bonds is 5. The number of piperidine rings is 1. The lowest BCUT2D eigenvalue weighted by atomic mass is 10.0. The Morgan fingerprint density at radius 3 is 2.76 bits per heavy atom. The van der Waals surface area contributed by atoms with Crippen molar-refractivity contribution in [1.29, 1.82) is 0 Å². The van der Waals surface area contributed by atoms with Crippen molar-refractivity contribution in [3.8, 4) is 0 Å². The van der Waals surface area contributed by atoms with Crippen LogP contribution in [-0.4, -0.2) is 64.5 Å². The molecule has 2 fully saturated rings. The van der Waals surface area contributed by atoms with E-state index in [0.717, 1.165) is 38.5 Å². The zero-order chi connectivity index (χ0) is 15.3. The van der Waals surface area contributed by atoms with Gasteiger partial charge in [0, 0.05) is 38.2 Å². The van der Waals surface area contributed by atoms with Gasteiger partial charge in [0.1, 0.15) is 0 Å². The monoisotopic (exact) mass is 319 g/mol. The van der Waals surface area contributed by atoms with Crippen molar-refractivity contribution in [2.24, 2.45) is 5.92 Å². The first-order chi connectivity index (χ1) is 9.96. The van der Waals surface area contributed by atoms with E-state index in [4.69, 9.17) is 4.74 Å². The molecule has 0 aromatic carbocycles. The zero-order valence-corrected chi connectivity index (χ0v) is 13.3. The summed E-state index contributed by atoms with van der Waals surface area (Å²) in [5.74, 6) is 0.395. The number of likely N-dealkylation sites (tertiary alicyclic amines) is 1. The van der Waals surface area contributed by atoms with Crippen LogP contribution in [0.5, 0.6) is 0 Å². The third-order valence-electron chi connectivity index (χ3n) is 4.04. The van der Waals surface area contributed by atoms with Crippen LogP contribution in [0.2, 0.25) is 0 Å². The molecule has 2 aliphatic heterocycles. The van der Waals surface area contributed by atoms with Gasteiger partial charge in [0.2, 0.25) is 10.0 Å². The molecular formula is C13H25N3O4S. The minimum Gasteiger partial charge on any atom is -0.381 e. The second-order valence-electron chi connectivity index (χ2n) is 5.88. The van der Waals surface area contributed by atoms with Crippen LogP contribution in [0, 0.1) is 5.92 Å². The molecule has 0 saturated carbocycles. The Labute approximate surface area is 126 Å². The molecule has 0 aromatic rings. The first-order valence-corrected chi connectivity index (χ1v) is 9.41. The van der Waals surface area contributed by atoms with Gasteiger partial charge < -0.3 is 15.0 Å². The molecule has 2 saturated heterocycles. The van der Waals surface area contributed by atoms with Gasteiger partial charge in [-0.25, -0.2) is 17.9 Å². The molecule has 0 bridgehead atoms. The lowest BCUT2D eigenvalue weighted by molar-refractivity contribution is 0.149. The lowest BCUT2D eigenvalue weighted by Crippen LogP contribution is -2.53. The molecule has 2 N–H and O–H groups in total. The highest BCUT2D eigenvalue weighted by Gasteiger charge is 2.27. The van der Waals surface area contributed by atoms with E-state index < -0.39 is 10.0 Å². The number of amides is 2. The van der Waals surface area contributed by atoms with E-state index in [0.29, 0.717) is 32.2 Å². The Bertz CT molecular complexity index is 448. The molecule has 7 nitrogen and oxygen atoms in total. The van der Waals surface area contributed by atoms with Gasteiger partial charge in [-0.2, -0.15) is 0 Å². The Hall–Kier alpha value is -0.860. The van der Waals surface area contributed by atoms with Crippen molar-refractivity contribution >= 4 is 16.1 Å². The highest BCUT2D eigenvalue weighted by atomic mass is 32.2. The number of hydrogen-bond acceptors (Lipinski definition) is 4. The summed E-state index contributed by atoms with van der Waals surface area (Å²) in [6.45, 7) is 3.08. The van der Waals surface area contributed by atoms with Crippen molar-refractivity contribution in [2.75, 3.05) is 39.1 Å².